The molecule has 1 rings (SSSR count). The Morgan fingerprint density at radius 1 is 1.00 bits per heavy atom. The van der Waals surface area contributed by atoms with Crippen molar-refractivity contribution in [2.24, 2.45) is 0 Å². The zero-order valence-electron chi connectivity index (χ0n) is 6.87. The molecule has 0 unspecified atom stereocenters. The van der Waals surface area contributed by atoms with Gasteiger partial charge in [-0.15, -0.1) is 0 Å². The maximum atomic E-state index is 11.0. The number of rotatable bonds is 1. The predicted octanol–water partition coefficient (Wildman–Crippen LogP) is 4.74. The van der Waals surface area contributed by atoms with Gasteiger partial charge in [0, 0.05) is 17.9 Å². The average molecular weight is 452 g/mol. The fourth-order valence-electron chi connectivity index (χ4n) is 0.996. The lowest BCUT2D eigenvalue weighted by molar-refractivity contribution is 0.0695. The first kappa shape index (κ1) is 12.7. The molecule has 6 heteroatoms. The molecule has 76 valence electrons. The van der Waals surface area contributed by atoms with Crippen LogP contribution >= 0.6 is 63.7 Å². The zero-order valence-corrected chi connectivity index (χ0v) is 13.2. The molecule has 1 aromatic rings. The van der Waals surface area contributed by atoms with E-state index in [4.69, 9.17) is 5.11 Å². The first-order chi connectivity index (χ1) is 6.37. The van der Waals surface area contributed by atoms with Gasteiger partial charge in [0.1, 0.15) is 0 Å². The van der Waals surface area contributed by atoms with Crippen molar-refractivity contribution in [2.45, 2.75) is 6.92 Å². The van der Waals surface area contributed by atoms with E-state index in [9.17, 15) is 4.79 Å². The standard InChI is InChI=1S/C8H4Br4O2/c1-2-3(8(13)14)5(10)7(12)6(11)4(2)9/h1H3,(H,13,14). The second-order valence-electron chi connectivity index (χ2n) is 2.56. The van der Waals surface area contributed by atoms with Crippen LogP contribution < -0.4 is 0 Å². The Balaban J connectivity index is 3.68. The summed E-state index contributed by atoms with van der Waals surface area (Å²) in [5.41, 5.74) is 0.936. The molecule has 0 heterocycles. The van der Waals surface area contributed by atoms with Crippen molar-refractivity contribution in [1.82, 2.24) is 0 Å². The van der Waals surface area contributed by atoms with Crippen LogP contribution in [0, 0.1) is 6.92 Å². The van der Waals surface area contributed by atoms with Crippen LogP contribution in [0.2, 0.25) is 0 Å². The van der Waals surface area contributed by atoms with Gasteiger partial charge in [-0.3, -0.25) is 0 Å². The third-order valence-corrected chi connectivity index (χ3v) is 6.68. The van der Waals surface area contributed by atoms with Gasteiger partial charge in [0.05, 0.1) is 5.56 Å². The minimum absolute atomic E-state index is 0.256. The zero-order chi connectivity index (χ0) is 11.0. The number of carboxylic acid groups (broad SMARTS) is 1. The smallest absolute Gasteiger partial charge is 0.337 e. The molecule has 0 fully saturated rings. The number of benzene rings is 1. The Morgan fingerprint density at radius 2 is 1.43 bits per heavy atom. The highest BCUT2D eigenvalue weighted by molar-refractivity contribution is 9.15. The Morgan fingerprint density at radius 3 is 1.86 bits per heavy atom. The van der Waals surface area contributed by atoms with Crippen molar-refractivity contribution in [2.75, 3.05) is 0 Å². The minimum Gasteiger partial charge on any atom is -0.478 e. The third-order valence-electron chi connectivity index (χ3n) is 1.72. The number of aromatic carboxylic acids is 1. The van der Waals surface area contributed by atoms with E-state index in [2.05, 4.69) is 63.7 Å². The molecule has 0 atom stereocenters. The fraction of sp³-hybridized carbons (Fsp3) is 0.125. The molecule has 1 N–H and O–H groups in total. The maximum absolute atomic E-state index is 11.0. The van der Waals surface area contributed by atoms with Gasteiger partial charge in [0.2, 0.25) is 0 Å². The maximum Gasteiger partial charge on any atom is 0.337 e. The molecule has 14 heavy (non-hydrogen) atoms. The van der Waals surface area contributed by atoms with Crippen LogP contribution in [0.3, 0.4) is 0 Å². The summed E-state index contributed by atoms with van der Waals surface area (Å²) in [5, 5.41) is 9.00. The number of carboxylic acids is 1. The first-order valence-electron chi connectivity index (χ1n) is 3.43. The molecule has 0 saturated carbocycles. The normalized spacial score (nSPS) is 10.4. The van der Waals surface area contributed by atoms with Crippen LogP contribution in [0.4, 0.5) is 0 Å². The quantitative estimate of drug-likeness (QED) is 0.494. The summed E-state index contributed by atoms with van der Waals surface area (Å²) in [4.78, 5) is 11.0. The monoisotopic (exact) mass is 448 g/mol. The summed E-state index contributed by atoms with van der Waals surface area (Å²) < 4.78 is 2.77. The highest BCUT2D eigenvalue weighted by Crippen LogP contribution is 2.41. The Kier molecular flexibility index (Phi) is 4.20. The lowest BCUT2D eigenvalue weighted by atomic mass is 10.1. The van der Waals surface area contributed by atoms with Gasteiger partial charge in [-0.1, -0.05) is 0 Å². The van der Waals surface area contributed by atoms with Crippen molar-refractivity contribution in [1.29, 1.82) is 0 Å². The molecular formula is C8H4Br4O2. The van der Waals surface area contributed by atoms with E-state index in [1.54, 1.807) is 6.92 Å². The van der Waals surface area contributed by atoms with Crippen LogP contribution in [0.1, 0.15) is 15.9 Å². The van der Waals surface area contributed by atoms with Gasteiger partial charge in [-0.25, -0.2) is 4.79 Å². The van der Waals surface area contributed by atoms with Gasteiger partial charge in [-0.2, -0.15) is 0 Å². The minimum atomic E-state index is -0.955. The molecule has 0 aliphatic carbocycles. The van der Waals surface area contributed by atoms with Crippen molar-refractivity contribution in [3.8, 4) is 0 Å². The summed E-state index contributed by atoms with van der Waals surface area (Å²) >= 11 is 13.2. The first-order valence-corrected chi connectivity index (χ1v) is 6.61. The Bertz CT molecular complexity index is 385. The SMILES string of the molecule is Cc1c(Br)c(Br)c(Br)c(Br)c1C(=O)O. The molecule has 0 saturated heterocycles. The number of hydrogen-bond donors (Lipinski definition) is 1. The number of carbonyl (C=O) groups is 1. The molecule has 0 bridgehead atoms. The summed E-state index contributed by atoms with van der Waals surface area (Å²) in [5.74, 6) is -0.955. The van der Waals surface area contributed by atoms with E-state index < -0.39 is 5.97 Å². The predicted molar refractivity (Wildman–Crippen MR) is 68.9 cm³/mol. The molecule has 0 aliphatic rings. The van der Waals surface area contributed by atoms with E-state index in [1.165, 1.54) is 0 Å². The van der Waals surface area contributed by atoms with Crippen LogP contribution in [0.25, 0.3) is 0 Å². The second-order valence-corrected chi connectivity index (χ2v) is 5.73. The van der Waals surface area contributed by atoms with E-state index >= 15 is 0 Å². The van der Waals surface area contributed by atoms with Gasteiger partial charge in [0.25, 0.3) is 0 Å². The van der Waals surface area contributed by atoms with Crippen molar-refractivity contribution < 1.29 is 9.90 Å². The number of halogens is 4. The van der Waals surface area contributed by atoms with E-state index in [0.29, 0.717) is 14.5 Å². The summed E-state index contributed by atoms with van der Waals surface area (Å²) in [7, 11) is 0. The lowest BCUT2D eigenvalue weighted by Crippen LogP contribution is -2.03. The van der Waals surface area contributed by atoms with Gasteiger partial charge >= 0.3 is 5.97 Å². The molecule has 2 nitrogen and oxygen atoms in total. The highest BCUT2D eigenvalue weighted by Gasteiger charge is 2.20. The molecule has 0 radical (unpaired) electrons. The lowest BCUT2D eigenvalue weighted by Gasteiger charge is -2.11. The van der Waals surface area contributed by atoms with E-state index in [1.807, 2.05) is 0 Å². The van der Waals surface area contributed by atoms with Crippen LogP contribution in [-0.4, -0.2) is 11.1 Å². The second kappa shape index (κ2) is 4.63. The largest absolute Gasteiger partial charge is 0.478 e. The Labute approximate surface area is 115 Å². The topological polar surface area (TPSA) is 37.3 Å². The summed E-state index contributed by atoms with van der Waals surface area (Å²) in [6.07, 6.45) is 0. The molecular weight excluding hydrogens is 448 g/mol. The van der Waals surface area contributed by atoms with Crippen molar-refractivity contribution in [3.63, 3.8) is 0 Å². The van der Waals surface area contributed by atoms with Crippen molar-refractivity contribution in [3.05, 3.63) is 29.0 Å². The van der Waals surface area contributed by atoms with Gasteiger partial charge in [-0.05, 0) is 76.2 Å². The van der Waals surface area contributed by atoms with Gasteiger partial charge in [0.15, 0.2) is 0 Å². The fourth-order valence-corrected chi connectivity index (χ4v) is 3.48. The molecule has 1 aromatic carbocycles. The molecule has 0 aliphatic heterocycles. The van der Waals surface area contributed by atoms with Gasteiger partial charge < -0.3 is 5.11 Å². The van der Waals surface area contributed by atoms with Crippen LogP contribution in [0.15, 0.2) is 17.9 Å². The molecule has 0 amide bonds. The highest BCUT2D eigenvalue weighted by atomic mass is 79.9. The molecule has 0 spiro atoms. The van der Waals surface area contributed by atoms with Crippen molar-refractivity contribution >= 4 is 69.7 Å². The van der Waals surface area contributed by atoms with E-state index in [-0.39, 0.29) is 5.56 Å². The Hall–Kier alpha value is 0.610. The van der Waals surface area contributed by atoms with Crippen LogP contribution in [-0.2, 0) is 0 Å². The molecule has 0 aromatic heterocycles. The number of hydrogen-bond acceptors (Lipinski definition) is 1. The average Bonchev–Trinajstić information content (AvgIpc) is 2.11. The third kappa shape index (κ3) is 2.08. The summed E-state index contributed by atoms with van der Waals surface area (Å²) in [6.45, 7) is 1.75. The van der Waals surface area contributed by atoms with E-state index in [0.717, 1.165) is 8.95 Å². The summed E-state index contributed by atoms with van der Waals surface area (Å²) in [6, 6.07) is 0. The van der Waals surface area contributed by atoms with Crippen LogP contribution in [0.5, 0.6) is 0 Å².